The highest BCUT2D eigenvalue weighted by molar-refractivity contribution is 4.86. The van der Waals surface area contributed by atoms with Crippen molar-refractivity contribution in [3.05, 3.63) is 0 Å². The van der Waals surface area contributed by atoms with E-state index in [1.165, 1.54) is 19.3 Å². The van der Waals surface area contributed by atoms with Crippen LogP contribution in [0, 0.1) is 11.8 Å². The molecular weight excluding hydrogens is 202 g/mol. The highest BCUT2D eigenvalue weighted by atomic mass is 16.5. The third kappa shape index (κ3) is 4.40. The molecule has 3 unspecified atom stereocenters. The Morgan fingerprint density at radius 1 is 1.19 bits per heavy atom. The fourth-order valence-corrected chi connectivity index (χ4v) is 2.67. The first kappa shape index (κ1) is 13.9. The summed E-state index contributed by atoms with van der Waals surface area (Å²) in [7, 11) is 1.70. The van der Waals surface area contributed by atoms with E-state index >= 15 is 0 Å². The Morgan fingerprint density at radius 3 is 2.62 bits per heavy atom. The van der Waals surface area contributed by atoms with Crippen LogP contribution in [0.25, 0.3) is 0 Å². The number of methoxy groups -OCH3 is 1. The van der Waals surface area contributed by atoms with Gasteiger partial charge in [-0.25, -0.2) is 0 Å². The van der Waals surface area contributed by atoms with E-state index in [9.17, 15) is 0 Å². The van der Waals surface area contributed by atoms with E-state index in [0.29, 0.717) is 19.3 Å². The molecule has 0 spiro atoms. The average molecular weight is 229 g/mol. The van der Waals surface area contributed by atoms with Crippen LogP contribution in [0.5, 0.6) is 0 Å². The first-order valence-electron chi connectivity index (χ1n) is 6.59. The van der Waals surface area contributed by atoms with Crippen LogP contribution in [0.1, 0.15) is 33.1 Å². The van der Waals surface area contributed by atoms with Gasteiger partial charge in [0, 0.05) is 19.7 Å². The second kappa shape index (κ2) is 8.04. The quantitative estimate of drug-likeness (QED) is 0.646. The molecule has 1 aliphatic carbocycles. The minimum absolute atomic E-state index is 0.692. The van der Waals surface area contributed by atoms with Gasteiger partial charge in [0.1, 0.15) is 0 Å². The smallest absolute Gasteiger partial charge is 0.0700 e. The first-order valence-corrected chi connectivity index (χ1v) is 6.59. The molecule has 1 rings (SSSR count). The van der Waals surface area contributed by atoms with Crippen molar-refractivity contribution in [2.75, 3.05) is 33.5 Å². The van der Waals surface area contributed by atoms with Gasteiger partial charge < -0.3 is 14.8 Å². The van der Waals surface area contributed by atoms with E-state index in [2.05, 4.69) is 19.2 Å². The van der Waals surface area contributed by atoms with Crippen molar-refractivity contribution in [2.24, 2.45) is 11.8 Å². The van der Waals surface area contributed by atoms with E-state index in [1.807, 2.05) is 0 Å². The maximum atomic E-state index is 5.43. The Kier molecular flexibility index (Phi) is 7.01. The molecule has 3 nitrogen and oxygen atoms in total. The molecule has 0 heterocycles. The molecule has 1 fully saturated rings. The van der Waals surface area contributed by atoms with Crippen molar-refractivity contribution in [1.29, 1.82) is 0 Å². The summed E-state index contributed by atoms with van der Waals surface area (Å²) in [6.07, 6.45) is 4.04. The topological polar surface area (TPSA) is 30.5 Å². The van der Waals surface area contributed by atoms with Crippen LogP contribution in [0.2, 0.25) is 0 Å². The standard InChI is InChI=1S/C13H27NO2/c1-4-12-5-6-13(11(12)2)14-7-8-16-10-9-15-3/h11-14H,4-10H2,1-3H3. The zero-order valence-corrected chi connectivity index (χ0v) is 11.0. The summed E-state index contributed by atoms with van der Waals surface area (Å²) in [5.74, 6) is 1.75. The molecule has 0 radical (unpaired) electrons. The lowest BCUT2D eigenvalue weighted by Crippen LogP contribution is -2.35. The number of nitrogens with one attached hydrogen (secondary N) is 1. The number of rotatable bonds is 8. The third-order valence-electron chi connectivity index (χ3n) is 3.84. The van der Waals surface area contributed by atoms with Gasteiger partial charge in [-0.2, -0.15) is 0 Å². The van der Waals surface area contributed by atoms with Crippen LogP contribution in [-0.2, 0) is 9.47 Å². The van der Waals surface area contributed by atoms with E-state index in [0.717, 1.165) is 25.0 Å². The minimum Gasteiger partial charge on any atom is -0.382 e. The molecule has 3 atom stereocenters. The highest BCUT2D eigenvalue weighted by Crippen LogP contribution is 2.33. The van der Waals surface area contributed by atoms with E-state index in [-0.39, 0.29) is 0 Å². The zero-order valence-electron chi connectivity index (χ0n) is 11.0. The molecule has 0 aromatic rings. The molecule has 0 amide bonds. The maximum Gasteiger partial charge on any atom is 0.0700 e. The molecule has 16 heavy (non-hydrogen) atoms. The Hall–Kier alpha value is -0.120. The monoisotopic (exact) mass is 229 g/mol. The molecule has 1 N–H and O–H groups in total. The summed E-state index contributed by atoms with van der Waals surface area (Å²) in [4.78, 5) is 0. The van der Waals surface area contributed by atoms with Crippen LogP contribution >= 0.6 is 0 Å². The van der Waals surface area contributed by atoms with Gasteiger partial charge in [-0.3, -0.25) is 0 Å². The minimum atomic E-state index is 0.692. The largest absolute Gasteiger partial charge is 0.382 e. The lowest BCUT2D eigenvalue weighted by atomic mass is 9.93. The zero-order chi connectivity index (χ0) is 11.8. The molecular formula is C13H27NO2. The number of ether oxygens (including phenoxy) is 2. The summed E-state index contributed by atoms with van der Waals surface area (Å²) in [5, 5.41) is 3.61. The van der Waals surface area contributed by atoms with Crippen LogP contribution in [0.15, 0.2) is 0 Å². The number of hydrogen-bond donors (Lipinski definition) is 1. The van der Waals surface area contributed by atoms with Crippen molar-refractivity contribution in [3.8, 4) is 0 Å². The fraction of sp³-hybridized carbons (Fsp3) is 1.00. The van der Waals surface area contributed by atoms with Gasteiger partial charge >= 0.3 is 0 Å². The fourth-order valence-electron chi connectivity index (χ4n) is 2.67. The third-order valence-corrected chi connectivity index (χ3v) is 3.84. The van der Waals surface area contributed by atoms with E-state index in [1.54, 1.807) is 7.11 Å². The van der Waals surface area contributed by atoms with E-state index in [4.69, 9.17) is 9.47 Å². The van der Waals surface area contributed by atoms with Gasteiger partial charge in [-0.1, -0.05) is 20.3 Å². The van der Waals surface area contributed by atoms with Crippen LogP contribution in [0.4, 0.5) is 0 Å². The molecule has 1 saturated carbocycles. The predicted octanol–water partition coefficient (Wildman–Crippen LogP) is 2.06. The van der Waals surface area contributed by atoms with Gasteiger partial charge in [0.25, 0.3) is 0 Å². The predicted molar refractivity (Wildman–Crippen MR) is 66.7 cm³/mol. The molecule has 0 aromatic carbocycles. The normalized spacial score (nSPS) is 29.8. The van der Waals surface area contributed by atoms with Crippen LogP contribution in [-0.4, -0.2) is 39.5 Å². The van der Waals surface area contributed by atoms with Gasteiger partial charge in [-0.05, 0) is 24.7 Å². The van der Waals surface area contributed by atoms with Gasteiger partial charge in [0.2, 0.25) is 0 Å². The van der Waals surface area contributed by atoms with Gasteiger partial charge in [0.05, 0.1) is 19.8 Å². The Morgan fingerprint density at radius 2 is 2.00 bits per heavy atom. The highest BCUT2D eigenvalue weighted by Gasteiger charge is 2.30. The van der Waals surface area contributed by atoms with Crippen molar-refractivity contribution < 1.29 is 9.47 Å². The van der Waals surface area contributed by atoms with Gasteiger partial charge in [0.15, 0.2) is 0 Å². The molecule has 0 saturated heterocycles. The van der Waals surface area contributed by atoms with Gasteiger partial charge in [-0.15, -0.1) is 0 Å². The Bertz CT molecular complexity index is 175. The maximum absolute atomic E-state index is 5.43. The van der Waals surface area contributed by atoms with Crippen molar-refractivity contribution in [3.63, 3.8) is 0 Å². The average Bonchev–Trinajstić information content (AvgIpc) is 2.65. The first-order chi connectivity index (χ1) is 7.79. The molecule has 96 valence electrons. The summed E-state index contributed by atoms with van der Waals surface area (Å²) in [5.41, 5.74) is 0. The SMILES string of the molecule is CCC1CCC(NCCOCCOC)C1C. The Labute approximate surface area is 99.9 Å². The lowest BCUT2D eigenvalue weighted by molar-refractivity contribution is 0.0705. The van der Waals surface area contributed by atoms with Crippen LogP contribution < -0.4 is 5.32 Å². The molecule has 0 aromatic heterocycles. The number of hydrogen-bond acceptors (Lipinski definition) is 3. The summed E-state index contributed by atoms with van der Waals surface area (Å²) < 4.78 is 10.4. The summed E-state index contributed by atoms with van der Waals surface area (Å²) in [6.45, 7) is 7.84. The molecule has 0 aliphatic heterocycles. The van der Waals surface area contributed by atoms with Crippen molar-refractivity contribution >= 4 is 0 Å². The summed E-state index contributed by atoms with van der Waals surface area (Å²) >= 11 is 0. The Balaban J connectivity index is 2.01. The second-order valence-electron chi connectivity index (χ2n) is 4.77. The summed E-state index contributed by atoms with van der Waals surface area (Å²) in [6, 6.07) is 0.705. The van der Waals surface area contributed by atoms with Crippen molar-refractivity contribution in [1.82, 2.24) is 5.32 Å². The lowest BCUT2D eigenvalue weighted by Gasteiger charge is -2.21. The molecule has 0 bridgehead atoms. The molecule has 3 heteroatoms. The van der Waals surface area contributed by atoms with Crippen molar-refractivity contribution in [2.45, 2.75) is 39.2 Å². The second-order valence-corrected chi connectivity index (χ2v) is 4.77. The van der Waals surface area contributed by atoms with Crippen LogP contribution in [0.3, 0.4) is 0 Å². The molecule has 1 aliphatic rings. The van der Waals surface area contributed by atoms with E-state index < -0.39 is 0 Å².